The van der Waals surface area contributed by atoms with Gasteiger partial charge in [0.2, 0.25) is 0 Å². The van der Waals surface area contributed by atoms with Crippen LogP contribution >= 0.6 is 0 Å². The van der Waals surface area contributed by atoms with Crippen molar-refractivity contribution < 1.29 is 27.8 Å². The number of benzene rings is 2. The average Bonchev–Trinajstić information content (AvgIpc) is 2.88. The second-order valence-corrected chi connectivity index (χ2v) is 4.84. The zero-order valence-electron chi connectivity index (χ0n) is 11.5. The lowest BCUT2D eigenvalue weighted by Crippen LogP contribution is -2.17. The molecule has 2 N–H and O–H groups in total. The van der Waals surface area contributed by atoms with Crippen LogP contribution < -0.4 is 4.74 Å². The number of carbonyl (C=O) groups is 1. The predicted octanol–water partition coefficient (Wildman–Crippen LogP) is 4.43. The first-order valence-electron chi connectivity index (χ1n) is 6.54. The van der Waals surface area contributed by atoms with Crippen LogP contribution in [0.5, 0.6) is 5.75 Å². The van der Waals surface area contributed by atoms with Gasteiger partial charge in [0.05, 0.1) is 5.56 Å². The molecule has 2 aromatic carbocycles. The molecule has 0 aliphatic heterocycles. The van der Waals surface area contributed by atoms with Crippen LogP contribution in [0.25, 0.3) is 22.0 Å². The van der Waals surface area contributed by atoms with E-state index in [0.29, 0.717) is 22.0 Å². The van der Waals surface area contributed by atoms with Crippen molar-refractivity contribution in [3.63, 3.8) is 0 Å². The van der Waals surface area contributed by atoms with E-state index in [1.165, 1.54) is 24.4 Å². The summed E-state index contributed by atoms with van der Waals surface area (Å²) >= 11 is 0. The van der Waals surface area contributed by atoms with Crippen LogP contribution in [-0.4, -0.2) is 22.4 Å². The second-order valence-electron chi connectivity index (χ2n) is 4.84. The summed E-state index contributed by atoms with van der Waals surface area (Å²) in [5.74, 6) is -1.41. The summed E-state index contributed by atoms with van der Waals surface area (Å²) in [6.07, 6.45) is -3.39. The van der Waals surface area contributed by atoms with Gasteiger partial charge in [0.15, 0.2) is 0 Å². The largest absolute Gasteiger partial charge is 0.573 e. The van der Waals surface area contributed by atoms with Gasteiger partial charge >= 0.3 is 12.3 Å². The normalized spacial score (nSPS) is 11.6. The first-order chi connectivity index (χ1) is 10.8. The Labute approximate surface area is 128 Å². The number of halogens is 3. The van der Waals surface area contributed by atoms with Gasteiger partial charge in [0, 0.05) is 17.1 Å². The molecule has 0 bridgehead atoms. The Kier molecular flexibility index (Phi) is 3.48. The molecule has 0 aliphatic rings. The molecule has 23 heavy (non-hydrogen) atoms. The number of nitrogens with one attached hydrogen (secondary N) is 1. The minimum Gasteiger partial charge on any atom is -0.478 e. The molecule has 0 radical (unpaired) electrons. The minimum absolute atomic E-state index is 0.101. The molecule has 1 aromatic heterocycles. The van der Waals surface area contributed by atoms with Gasteiger partial charge in [-0.25, -0.2) is 4.79 Å². The maximum absolute atomic E-state index is 12.3. The topological polar surface area (TPSA) is 62.3 Å². The van der Waals surface area contributed by atoms with Gasteiger partial charge < -0.3 is 14.8 Å². The number of hydrogen-bond acceptors (Lipinski definition) is 2. The number of alkyl halides is 3. The van der Waals surface area contributed by atoms with Gasteiger partial charge in [0.25, 0.3) is 0 Å². The highest BCUT2D eigenvalue weighted by atomic mass is 19.4. The third-order valence-electron chi connectivity index (χ3n) is 3.31. The van der Waals surface area contributed by atoms with Crippen LogP contribution in [0, 0.1) is 0 Å². The number of rotatable bonds is 3. The van der Waals surface area contributed by atoms with E-state index in [1.807, 2.05) is 0 Å². The Balaban J connectivity index is 2.04. The van der Waals surface area contributed by atoms with Gasteiger partial charge in [-0.2, -0.15) is 0 Å². The van der Waals surface area contributed by atoms with E-state index in [9.17, 15) is 18.0 Å². The molecule has 0 unspecified atom stereocenters. The number of carboxylic acid groups (broad SMARTS) is 1. The Bertz CT molecular complexity index is 884. The van der Waals surface area contributed by atoms with Crippen molar-refractivity contribution in [2.45, 2.75) is 6.36 Å². The van der Waals surface area contributed by atoms with Crippen molar-refractivity contribution in [2.75, 3.05) is 0 Å². The molecule has 0 amide bonds. The number of ether oxygens (including phenoxy) is 1. The molecular formula is C16H10F3NO3. The lowest BCUT2D eigenvalue weighted by molar-refractivity contribution is -0.274. The van der Waals surface area contributed by atoms with Crippen molar-refractivity contribution in [3.05, 3.63) is 54.2 Å². The highest BCUT2D eigenvalue weighted by molar-refractivity contribution is 6.04. The number of H-pyrrole nitrogens is 1. The molecule has 0 aliphatic carbocycles. The summed E-state index contributed by atoms with van der Waals surface area (Å²) < 4.78 is 40.8. The smallest absolute Gasteiger partial charge is 0.478 e. The molecule has 0 fully saturated rings. The van der Waals surface area contributed by atoms with Crippen molar-refractivity contribution in [3.8, 4) is 16.9 Å². The van der Waals surface area contributed by atoms with Crippen LogP contribution in [0.15, 0.2) is 48.7 Å². The molecule has 7 heteroatoms. The van der Waals surface area contributed by atoms with Crippen LogP contribution in [-0.2, 0) is 0 Å². The second kappa shape index (κ2) is 5.35. The Morgan fingerprint density at radius 3 is 2.52 bits per heavy atom. The molecule has 4 nitrogen and oxygen atoms in total. The molecule has 0 saturated heterocycles. The number of aromatic nitrogens is 1. The third kappa shape index (κ3) is 3.13. The van der Waals surface area contributed by atoms with Gasteiger partial charge in [-0.05, 0) is 35.4 Å². The molecular weight excluding hydrogens is 311 g/mol. The number of aromatic carboxylic acids is 1. The third-order valence-corrected chi connectivity index (χ3v) is 3.31. The van der Waals surface area contributed by atoms with Gasteiger partial charge in [-0.3, -0.25) is 0 Å². The van der Waals surface area contributed by atoms with Crippen molar-refractivity contribution >= 4 is 16.9 Å². The molecule has 0 atom stereocenters. The molecule has 118 valence electrons. The highest BCUT2D eigenvalue weighted by Crippen LogP contribution is 2.30. The van der Waals surface area contributed by atoms with E-state index in [4.69, 9.17) is 5.11 Å². The van der Waals surface area contributed by atoms with Gasteiger partial charge in [-0.1, -0.05) is 18.2 Å². The SMILES string of the molecule is O=C(O)c1c[nH]c2ccc(-c3cccc(OC(F)(F)F)c3)cc12. The molecule has 1 heterocycles. The van der Waals surface area contributed by atoms with E-state index >= 15 is 0 Å². The maximum Gasteiger partial charge on any atom is 0.573 e. The molecule has 0 spiro atoms. The van der Waals surface area contributed by atoms with Gasteiger partial charge in [-0.15, -0.1) is 13.2 Å². The van der Waals surface area contributed by atoms with E-state index in [2.05, 4.69) is 9.72 Å². The van der Waals surface area contributed by atoms with Crippen molar-refractivity contribution in [1.82, 2.24) is 4.98 Å². The highest BCUT2D eigenvalue weighted by Gasteiger charge is 2.31. The molecule has 3 aromatic rings. The van der Waals surface area contributed by atoms with Crippen molar-refractivity contribution in [2.24, 2.45) is 0 Å². The van der Waals surface area contributed by atoms with E-state index in [-0.39, 0.29) is 11.3 Å². The Morgan fingerprint density at radius 2 is 1.83 bits per heavy atom. The zero-order valence-corrected chi connectivity index (χ0v) is 11.5. The maximum atomic E-state index is 12.3. The fourth-order valence-corrected chi connectivity index (χ4v) is 2.35. The summed E-state index contributed by atoms with van der Waals surface area (Å²) in [6, 6.07) is 10.5. The molecule has 3 rings (SSSR count). The Morgan fingerprint density at radius 1 is 1.09 bits per heavy atom. The minimum atomic E-state index is -4.76. The van der Waals surface area contributed by atoms with Crippen LogP contribution in [0.4, 0.5) is 13.2 Å². The number of fused-ring (bicyclic) bond motifs is 1. The lowest BCUT2D eigenvalue weighted by Gasteiger charge is -2.10. The summed E-state index contributed by atoms with van der Waals surface area (Å²) in [7, 11) is 0. The lowest BCUT2D eigenvalue weighted by atomic mass is 10.0. The quantitative estimate of drug-likeness (QED) is 0.750. The van der Waals surface area contributed by atoms with Crippen molar-refractivity contribution in [1.29, 1.82) is 0 Å². The van der Waals surface area contributed by atoms with Crippen LogP contribution in [0.2, 0.25) is 0 Å². The fraction of sp³-hybridized carbons (Fsp3) is 0.0625. The summed E-state index contributed by atoms with van der Waals surface area (Å²) in [4.78, 5) is 14.0. The first-order valence-corrected chi connectivity index (χ1v) is 6.54. The van der Waals surface area contributed by atoms with E-state index in [1.54, 1.807) is 24.3 Å². The fourth-order valence-electron chi connectivity index (χ4n) is 2.35. The summed E-state index contributed by atoms with van der Waals surface area (Å²) in [6.45, 7) is 0. The van der Waals surface area contributed by atoms with Crippen LogP contribution in [0.3, 0.4) is 0 Å². The summed E-state index contributed by atoms with van der Waals surface area (Å²) in [5.41, 5.74) is 1.82. The monoisotopic (exact) mass is 321 g/mol. The zero-order chi connectivity index (χ0) is 16.6. The van der Waals surface area contributed by atoms with Gasteiger partial charge in [0.1, 0.15) is 5.75 Å². The summed E-state index contributed by atoms with van der Waals surface area (Å²) in [5, 5.41) is 9.62. The standard InChI is InChI=1S/C16H10F3NO3/c17-16(18,19)23-11-3-1-2-9(6-11)10-4-5-14-12(7-10)13(8-20-14)15(21)22/h1-8,20H,(H,21,22). The number of aromatic amines is 1. The molecule has 0 saturated carbocycles. The Hall–Kier alpha value is -2.96. The first kappa shape index (κ1) is 15.0. The number of hydrogen-bond donors (Lipinski definition) is 2. The average molecular weight is 321 g/mol. The van der Waals surface area contributed by atoms with Crippen LogP contribution in [0.1, 0.15) is 10.4 Å². The van der Waals surface area contributed by atoms with E-state index in [0.717, 1.165) is 0 Å². The number of carboxylic acids is 1. The van der Waals surface area contributed by atoms with E-state index < -0.39 is 12.3 Å². The predicted molar refractivity (Wildman–Crippen MR) is 77.4 cm³/mol.